The number of nitrogens with zero attached hydrogens (tertiary/aromatic N) is 1. The Morgan fingerprint density at radius 1 is 1.47 bits per heavy atom. The molecule has 1 aliphatic heterocycles. The lowest BCUT2D eigenvalue weighted by molar-refractivity contribution is 0.589. The van der Waals surface area contributed by atoms with E-state index in [2.05, 4.69) is 9.97 Å². The highest BCUT2D eigenvalue weighted by Crippen LogP contribution is 2.14. The van der Waals surface area contributed by atoms with Gasteiger partial charge in [-0.25, -0.2) is 13.4 Å². The van der Waals surface area contributed by atoms with Gasteiger partial charge in [0, 0.05) is 6.42 Å². The minimum absolute atomic E-state index is 0.0560. The zero-order valence-corrected chi connectivity index (χ0v) is 8.80. The zero-order chi connectivity index (χ0) is 11.1. The van der Waals surface area contributed by atoms with Gasteiger partial charge in [0.15, 0.2) is 9.84 Å². The molecule has 0 unspecified atom stereocenters. The van der Waals surface area contributed by atoms with E-state index >= 15 is 0 Å². The van der Waals surface area contributed by atoms with Crippen molar-refractivity contribution in [1.29, 1.82) is 0 Å². The highest BCUT2D eigenvalue weighted by molar-refractivity contribution is 7.90. The molecule has 1 aromatic heterocycles. The Kier molecular flexibility index (Phi) is 2.35. The highest BCUT2D eigenvalue weighted by atomic mass is 32.2. The summed E-state index contributed by atoms with van der Waals surface area (Å²) in [6.07, 6.45) is 0.300. The number of nitrogens with two attached hydrogens (primary N) is 1. The van der Waals surface area contributed by atoms with Gasteiger partial charge in [0.05, 0.1) is 29.3 Å². The third-order valence-corrected chi connectivity index (χ3v) is 3.91. The molecule has 0 spiro atoms. The third kappa shape index (κ3) is 1.93. The number of aromatic amines is 1. The fourth-order valence-electron chi connectivity index (χ4n) is 1.59. The van der Waals surface area contributed by atoms with Crippen molar-refractivity contribution in [2.45, 2.75) is 18.7 Å². The van der Waals surface area contributed by atoms with Crippen LogP contribution in [0.5, 0.6) is 0 Å². The van der Waals surface area contributed by atoms with E-state index in [0.29, 0.717) is 17.9 Å². The van der Waals surface area contributed by atoms with Crippen molar-refractivity contribution in [3.05, 3.63) is 27.4 Å². The van der Waals surface area contributed by atoms with Gasteiger partial charge in [0.25, 0.3) is 5.56 Å². The molecule has 0 fully saturated rings. The molecule has 1 aliphatic rings. The molecular formula is C8H11N3O3S. The maximum absolute atomic E-state index is 11.5. The maximum Gasteiger partial charge on any atom is 0.255 e. The van der Waals surface area contributed by atoms with Crippen LogP contribution in [0.3, 0.4) is 0 Å². The molecule has 0 bridgehead atoms. The van der Waals surface area contributed by atoms with Crippen LogP contribution < -0.4 is 11.3 Å². The van der Waals surface area contributed by atoms with E-state index in [1.807, 2.05) is 0 Å². The first-order valence-corrected chi connectivity index (χ1v) is 6.35. The quantitative estimate of drug-likeness (QED) is 0.622. The molecule has 0 saturated carbocycles. The molecule has 0 radical (unpaired) electrons. The lowest BCUT2D eigenvalue weighted by Crippen LogP contribution is -2.29. The zero-order valence-electron chi connectivity index (χ0n) is 7.99. The van der Waals surface area contributed by atoms with Crippen LogP contribution in [0.15, 0.2) is 4.79 Å². The third-order valence-electron chi connectivity index (χ3n) is 2.36. The van der Waals surface area contributed by atoms with E-state index in [0.717, 1.165) is 0 Å². The summed E-state index contributed by atoms with van der Waals surface area (Å²) in [6, 6.07) is 0. The van der Waals surface area contributed by atoms with Crippen molar-refractivity contribution in [3.63, 3.8) is 0 Å². The molecule has 1 aromatic rings. The molecule has 82 valence electrons. The number of hydrogen-bond acceptors (Lipinski definition) is 5. The molecule has 2 rings (SSSR count). The normalized spacial score (nSPS) is 18.5. The Balaban J connectivity index is 2.58. The maximum atomic E-state index is 11.5. The number of rotatable bonds is 1. The lowest BCUT2D eigenvalue weighted by Gasteiger charge is -2.14. The summed E-state index contributed by atoms with van der Waals surface area (Å²) < 4.78 is 22.6. The molecule has 0 amide bonds. The minimum atomic E-state index is -3.13. The van der Waals surface area contributed by atoms with E-state index in [1.165, 1.54) is 0 Å². The predicted octanol–water partition coefficient (Wildman–Crippen LogP) is -1.30. The summed E-state index contributed by atoms with van der Waals surface area (Å²) in [5.41, 5.74) is 5.80. The van der Waals surface area contributed by atoms with Crippen molar-refractivity contribution in [1.82, 2.24) is 9.97 Å². The first-order valence-electron chi connectivity index (χ1n) is 4.53. The first-order chi connectivity index (χ1) is 7.02. The van der Waals surface area contributed by atoms with E-state index < -0.39 is 9.84 Å². The largest absolute Gasteiger partial charge is 0.324 e. The number of fused-ring (bicyclic) bond motifs is 1. The standard InChI is InChI=1S/C8H11N3O3S/c9-3-7-10-6-1-2-15(13,14)4-5(6)8(12)11-7/h1-4,9H2,(H,10,11,12). The summed E-state index contributed by atoms with van der Waals surface area (Å²) >= 11 is 0. The van der Waals surface area contributed by atoms with Crippen LogP contribution in [-0.2, 0) is 28.6 Å². The van der Waals surface area contributed by atoms with Gasteiger partial charge in [0.1, 0.15) is 5.82 Å². The molecule has 0 aliphatic carbocycles. The minimum Gasteiger partial charge on any atom is -0.324 e. The Morgan fingerprint density at radius 2 is 2.20 bits per heavy atom. The predicted molar refractivity (Wildman–Crippen MR) is 53.9 cm³/mol. The Hall–Kier alpha value is -1.21. The number of aryl methyl sites for hydroxylation is 1. The molecular weight excluding hydrogens is 218 g/mol. The van der Waals surface area contributed by atoms with Crippen LogP contribution in [0, 0.1) is 0 Å². The average Bonchev–Trinajstić information content (AvgIpc) is 2.18. The van der Waals surface area contributed by atoms with Gasteiger partial charge in [-0.15, -0.1) is 0 Å². The van der Waals surface area contributed by atoms with Crippen LogP contribution in [-0.4, -0.2) is 24.1 Å². The van der Waals surface area contributed by atoms with Crippen LogP contribution in [0.2, 0.25) is 0 Å². The van der Waals surface area contributed by atoms with Gasteiger partial charge in [-0.1, -0.05) is 0 Å². The highest BCUT2D eigenvalue weighted by Gasteiger charge is 2.25. The van der Waals surface area contributed by atoms with E-state index in [1.54, 1.807) is 0 Å². The topological polar surface area (TPSA) is 106 Å². The summed E-state index contributed by atoms with van der Waals surface area (Å²) in [6.45, 7) is 0.148. The smallest absolute Gasteiger partial charge is 0.255 e. The number of hydrogen-bond donors (Lipinski definition) is 2. The second-order valence-corrected chi connectivity index (χ2v) is 5.67. The lowest BCUT2D eigenvalue weighted by atomic mass is 10.2. The molecule has 7 heteroatoms. The molecule has 0 saturated heterocycles. The van der Waals surface area contributed by atoms with Gasteiger partial charge in [-0.05, 0) is 0 Å². The van der Waals surface area contributed by atoms with E-state index in [4.69, 9.17) is 5.73 Å². The van der Waals surface area contributed by atoms with Gasteiger partial charge in [-0.2, -0.15) is 0 Å². The van der Waals surface area contributed by atoms with Crippen LogP contribution in [0.4, 0.5) is 0 Å². The summed E-state index contributed by atoms with van der Waals surface area (Å²) in [5, 5.41) is 0. The fourth-order valence-corrected chi connectivity index (χ4v) is 2.98. The molecule has 0 aromatic carbocycles. The number of H-pyrrole nitrogens is 1. The molecule has 6 nitrogen and oxygen atoms in total. The Morgan fingerprint density at radius 3 is 2.87 bits per heavy atom. The van der Waals surface area contributed by atoms with Crippen molar-refractivity contribution in [2.24, 2.45) is 5.73 Å². The van der Waals surface area contributed by atoms with Crippen molar-refractivity contribution >= 4 is 9.84 Å². The SMILES string of the molecule is NCc1nc2c(c(=O)[nH]1)CS(=O)(=O)CC2. The van der Waals surface area contributed by atoms with Crippen LogP contribution >= 0.6 is 0 Å². The first kappa shape index (κ1) is 10.3. The van der Waals surface area contributed by atoms with Crippen molar-refractivity contribution in [3.8, 4) is 0 Å². The monoisotopic (exact) mass is 229 g/mol. The van der Waals surface area contributed by atoms with Crippen LogP contribution in [0.25, 0.3) is 0 Å². The van der Waals surface area contributed by atoms with Gasteiger partial charge < -0.3 is 10.7 Å². The molecule has 2 heterocycles. The van der Waals surface area contributed by atoms with E-state index in [9.17, 15) is 13.2 Å². The fraction of sp³-hybridized carbons (Fsp3) is 0.500. The number of nitrogens with one attached hydrogen (secondary N) is 1. The molecule has 0 atom stereocenters. The van der Waals surface area contributed by atoms with Crippen molar-refractivity contribution < 1.29 is 8.42 Å². The Labute approximate surface area is 86.5 Å². The summed E-state index contributed by atoms with van der Waals surface area (Å²) in [5.74, 6) is 0.244. The van der Waals surface area contributed by atoms with Gasteiger partial charge >= 0.3 is 0 Å². The molecule has 15 heavy (non-hydrogen) atoms. The summed E-state index contributed by atoms with van der Waals surface area (Å²) in [7, 11) is -3.13. The van der Waals surface area contributed by atoms with Gasteiger partial charge in [-0.3, -0.25) is 4.79 Å². The summed E-state index contributed by atoms with van der Waals surface area (Å²) in [4.78, 5) is 18.1. The number of sulfone groups is 1. The number of aromatic nitrogens is 2. The van der Waals surface area contributed by atoms with Gasteiger partial charge in [0.2, 0.25) is 0 Å². The van der Waals surface area contributed by atoms with Crippen LogP contribution in [0.1, 0.15) is 17.1 Å². The molecule has 3 N–H and O–H groups in total. The van der Waals surface area contributed by atoms with E-state index in [-0.39, 0.29) is 29.2 Å². The van der Waals surface area contributed by atoms with Crippen molar-refractivity contribution in [2.75, 3.05) is 5.75 Å². The second-order valence-electron chi connectivity index (χ2n) is 3.48. The Bertz CT molecular complexity index is 547. The average molecular weight is 229 g/mol. The second kappa shape index (κ2) is 3.42.